The Balaban J connectivity index is 2.32. The van der Waals surface area contributed by atoms with Gasteiger partial charge in [0.1, 0.15) is 0 Å². The smallest absolute Gasteiger partial charge is 0.222 e. The van der Waals surface area contributed by atoms with Gasteiger partial charge in [-0.25, -0.2) is 0 Å². The summed E-state index contributed by atoms with van der Waals surface area (Å²) in [5.74, 6) is 0.174. The first-order chi connectivity index (χ1) is 7.20. The average molecular weight is 203 g/mol. The van der Waals surface area contributed by atoms with Gasteiger partial charge < -0.3 is 4.90 Å². The fraction of sp³-hybridized carbons (Fsp3) is 0.308. The van der Waals surface area contributed by atoms with Gasteiger partial charge in [0.05, 0.1) is 0 Å². The molecule has 0 aliphatic carbocycles. The Kier molecular flexibility index (Phi) is 4.61. The molecule has 0 N–H and O–H groups in total. The Labute approximate surface area is 91.2 Å². The van der Waals surface area contributed by atoms with Crippen LogP contribution in [0.3, 0.4) is 0 Å². The first-order valence-electron chi connectivity index (χ1n) is 5.12. The lowest BCUT2D eigenvalue weighted by molar-refractivity contribution is -0.128. The molecular formula is C13H17NO. The number of carbonyl (C=O) groups is 1. The quantitative estimate of drug-likeness (QED) is 0.736. The largest absolute Gasteiger partial charge is 0.349 e. The van der Waals surface area contributed by atoms with Gasteiger partial charge in [-0.15, -0.1) is 0 Å². The van der Waals surface area contributed by atoms with Gasteiger partial charge in [0.25, 0.3) is 0 Å². The van der Waals surface area contributed by atoms with Crippen molar-refractivity contribution in [3.8, 4) is 0 Å². The van der Waals surface area contributed by atoms with E-state index in [4.69, 9.17) is 0 Å². The monoisotopic (exact) mass is 203 g/mol. The zero-order valence-electron chi connectivity index (χ0n) is 9.31. The van der Waals surface area contributed by atoms with Crippen LogP contribution in [0.25, 0.3) is 6.08 Å². The lowest BCUT2D eigenvalue weighted by atomic mass is 10.2. The molecule has 0 unspecified atom stereocenters. The van der Waals surface area contributed by atoms with E-state index in [9.17, 15) is 4.79 Å². The molecule has 1 amide bonds. The molecule has 0 saturated carbocycles. The van der Waals surface area contributed by atoms with Gasteiger partial charge in [-0.2, -0.15) is 0 Å². The van der Waals surface area contributed by atoms with Crippen LogP contribution in [-0.4, -0.2) is 24.9 Å². The highest BCUT2D eigenvalue weighted by molar-refractivity contribution is 5.75. The number of allylic oxidation sites excluding steroid dienone is 1. The van der Waals surface area contributed by atoms with Crippen LogP contribution in [0.4, 0.5) is 0 Å². The summed E-state index contributed by atoms with van der Waals surface area (Å²) in [6.45, 7) is 0. The molecule has 0 radical (unpaired) electrons. The van der Waals surface area contributed by atoms with E-state index in [2.05, 4.69) is 0 Å². The molecular weight excluding hydrogens is 186 g/mol. The summed E-state index contributed by atoms with van der Waals surface area (Å²) in [5.41, 5.74) is 1.18. The molecule has 0 aliphatic heterocycles. The molecule has 0 spiro atoms. The minimum Gasteiger partial charge on any atom is -0.349 e. The molecule has 2 heteroatoms. The maximum atomic E-state index is 11.2. The summed E-state index contributed by atoms with van der Waals surface area (Å²) < 4.78 is 0. The van der Waals surface area contributed by atoms with Crippen LogP contribution >= 0.6 is 0 Å². The van der Waals surface area contributed by atoms with E-state index in [1.165, 1.54) is 5.56 Å². The molecule has 0 fully saturated rings. The minimum atomic E-state index is 0.174. The van der Waals surface area contributed by atoms with Crippen LogP contribution in [0.5, 0.6) is 0 Å². The fourth-order valence-electron chi connectivity index (χ4n) is 1.21. The zero-order valence-corrected chi connectivity index (χ0v) is 9.31. The summed E-state index contributed by atoms with van der Waals surface area (Å²) in [5, 5.41) is 0. The number of carbonyl (C=O) groups excluding carboxylic acids is 1. The van der Waals surface area contributed by atoms with Crippen molar-refractivity contribution in [2.75, 3.05) is 14.1 Å². The third kappa shape index (κ3) is 4.45. The molecule has 2 nitrogen and oxygen atoms in total. The Morgan fingerprint density at radius 1 is 1.27 bits per heavy atom. The molecule has 1 aromatic rings. The zero-order chi connectivity index (χ0) is 11.1. The fourth-order valence-corrected chi connectivity index (χ4v) is 1.21. The van der Waals surface area contributed by atoms with Crippen molar-refractivity contribution < 1.29 is 4.79 Å². The van der Waals surface area contributed by atoms with Crippen molar-refractivity contribution >= 4 is 12.0 Å². The molecule has 15 heavy (non-hydrogen) atoms. The summed E-state index contributed by atoms with van der Waals surface area (Å²) in [6.07, 6.45) is 5.46. The lowest BCUT2D eigenvalue weighted by Gasteiger charge is -2.07. The third-order valence-corrected chi connectivity index (χ3v) is 2.13. The van der Waals surface area contributed by atoms with Gasteiger partial charge in [0.2, 0.25) is 5.91 Å². The first-order valence-corrected chi connectivity index (χ1v) is 5.12. The highest BCUT2D eigenvalue weighted by Crippen LogP contribution is 2.03. The average Bonchev–Trinajstić information content (AvgIpc) is 2.25. The van der Waals surface area contributed by atoms with E-state index < -0.39 is 0 Å². The van der Waals surface area contributed by atoms with Gasteiger partial charge >= 0.3 is 0 Å². The van der Waals surface area contributed by atoms with Crippen LogP contribution in [0.2, 0.25) is 0 Å². The molecule has 0 heterocycles. The van der Waals surface area contributed by atoms with Gasteiger partial charge in [-0.05, 0) is 12.0 Å². The summed E-state index contributed by atoms with van der Waals surface area (Å²) >= 11 is 0. The molecule has 0 aromatic heterocycles. The van der Waals surface area contributed by atoms with E-state index in [0.29, 0.717) is 6.42 Å². The molecule has 0 aliphatic rings. The standard InChI is InChI=1S/C13H17NO/c1-14(2)13(15)11-7-6-10-12-8-4-3-5-9-12/h3-6,8-10H,7,11H2,1-2H3. The summed E-state index contributed by atoms with van der Waals surface area (Å²) in [7, 11) is 3.56. The van der Waals surface area contributed by atoms with Crippen LogP contribution in [0.15, 0.2) is 36.4 Å². The second kappa shape index (κ2) is 6.02. The van der Waals surface area contributed by atoms with Crippen molar-refractivity contribution in [1.82, 2.24) is 4.90 Å². The van der Waals surface area contributed by atoms with E-state index in [1.807, 2.05) is 42.5 Å². The van der Waals surface area contributed by atoms with Crippen LogP contribution in [-0.2, 0) is 4.79 Å². The molecule has 0 bridgehead atoms. The lowest BCUT2D eigenvalue weighted by Crippen LogP contribution is -2.20. The highest BCUT2D eigenvalue weighted by Gasteiger charge is 2.00. The normalized spacial score (nSPS) is 10.5. The second-order valence-corrected chi connectivity index (χ2v) is 3.64. The number of hydrogen-bond acceptors (Lipinski definition) is 1. The third-order valence-electron chi connectivity index (χ3n) is 2.13. The van der Waals surface area contributed by atoms with Gasteiger partial charge in [-0.3, -0.25) is 4.79 Å². The maximum Gasteiger partial charge on any atom is 0.222 e. The summed E-state index contributed by atoms with van der Waals surface area (Å²) in [6, 6.07) is 10.1. The molecule has 0 atom stereocenters. The van der Waals surface area contributed by atoms with E-state index >= 15 is 0 Å². The maximum absolute atomic E-state index is 11.2. The van der Waals surface area contributed by atoms with Crippen molar-refractivity contribution in [1.29, 1.82) is 0 Å². The topological polar surface area (TPSA) is 20.3 Å². The first kappa shape index (κ1) is 11.5. The Morgan fingerprint density at radius 2 is 1.93 bits per heavy atom. The van der Waals surface area contributed by atoms with E-state index in [1.54, 1.807) is 19.0 Å². The number of hydrogen-bond donors (Lipinski definition) is 0. The molecule has 1 rings (SSSR count). The Hall–Kier alpha value is -1.57. The number of benzene rings is 1. The second-order valence-electron chi connectivity index (χ2n) is 3.64. The Bertz CT molecular complexity index is 328. The van der Waals surface area contributed by atoms with Crippen molar-refractivity contribution in [2.24, 2.45) is 0 Å². The SMILES string of the molecule is CN(C)C(=O)CCC=Cc1ccccc1. The van der Waals surface area contributed by atoms with Gasteiger partial charge in [0.15, 0.2) is 0 Å². The highest BCUT2D eigenvalue weighted by atomic mass is 16.2. The number of nitrogens with zero attached hydrogens (tertiary/aromatic N) is 1. The van der Waals surface area contributed by atoms with Crippen molar-refractivity contribution in [3.63, 3.8) is 0 Å². The van der Waals surface area contributed by atoms with Crippen LogP contribution < -0.4 is 0 Å². The Morgan fingerprint density at radius 3 is 2.53 bits per heavy atom. The number of rotatable bonds is 4. The molecule has 80 valence electrons. The van der Waals surface area contributed by atoms with E-state index in [0.717, 1.165) is 6.42 Å². The molecule has 0 saturated heterocycles. The molecule has 1 aromatic carbocycles. The van der Waals surface area contributed by atoms with Crippen molar-refractivity contribution in [2.45, 2.75) is 12.8 Å². The predicted molar refractivity (Wildman–Crippen MR) is 63.4 cm³/mol. The van der Waals surface area contributed by atoms with Gasteiger partial charge in [0, 0.05) is 20.5 Å². The van der Waals surface area contributed by atoms with Crippen LogP contribution in [0, 0.1) is 0 Å². The predicted octanol–water partition coefficient (Wildman–Crippen LogP) is 2.57. The van der Waals surface area contributed by atoms with Crippen LogP contribution in [0.1, 0.15) is 18.4 Å². The summed E-state index contributed by atoms with van der Waals surface area (Å²) in [4.78, 5) is 12.9. The number of amides is 1. The minimum absolute atomic E-state index is 0.174. The van der Waals surface area contributed by atoms with Crippen molar-refractivity contribution in [3.05, 3.63) is 42.0 Å². The van der Waals surface area contributed by atoms with Gasteiger partial charge in [-0.1, -0.05) is 42.5 Å². The van der Waals surface area contributed by atoms with E-state index in [-0.39, 0.29) is 5.91 Å².